The highest BCUT2D eigenvalue weighted by Crippen LogP contribution is 2.19. The number of amides is 1. The summed E-state index contributed by atoms with van der Waals surface area (Å²) in [7, 11) is -3.66. The van der Waals surface area contributed by atoms with E-state index in [0.29, 0.717) is 13.1 Å². The van der Waals surface area contributed by atoms with Crippen molar-refractivity contribution in [3.63, 3.8) is 0 Å². The van der Waals surface area contributed by atoms with Gasteiger partial charge in [-0.05, 0) is 34.9 Å². The Labute approximate surface area is 189 Å². The van der Waals surface area contributed by atoms with Gasteiger partial charge in [0.05, 0.1) is 4.90 Å². The molecule has 7 heteroatoms. The van der Waals surface area contributed by atoms with E-state index in [9.17, 15) is 13.2 Å². The molecule has 3 aromatic rings. The zero-order chi connectivity index (χ0) is 22.4. The van der Waals surface area contributed by atoms with Gasteiger partial charge in [-0.3, -0.25) is 9.69 Å². The largest absolute Gasteiger partial charge is 0.341 e. The first-order chi connectivity index (χ1) is 15.5. The molecule has 1 fully saturated rings. The van der Waals surface area contributed by atoms with Gasteiger partial charge in [0, 0.05) is 45.7 Å². The van der Waals surface area contributed by atoms with E-state index < -0.39 is 10.0 Å². The molecule has 4 rings (SSSR count). The quantitative estimate of drug-likeness (QED) is 0.599. The predicted molar refractivity (Wildman–Crippen MR) is 127 cm³/mol. The normalized spacial score (nSPS) is 15.6. The fourth-order valence-electron chi connectivity index (χ4n) is 4.09. The van der Waals surface area contributed by atoms with Crippen molar-refractivity contribution in [3.05, 3.63) is 78.4 Å². The number of carbonyl (C=O) groups excluding carboxylic acids is 1. The third kappa shape index (κ3) is 5.73. The van der Waals surface area contributed by atoms with Crippen molar-refractivity contribution >= 4 is 26.7 Å². The zero-order valence-electron chi connectivity index (χ0n) is 18.1. The minimum absolute atomic E-state index is 0.00669. The molecule has 0 aromatic heterocycles. The van der Waals surface area contributed by atoms with Crippen LogP contribution in [0.3, 0.4) is 0 Å². The minimum atomic E-state index is -3.66. The maximum atomic E-state index is 12.7. The summed E-state index contributed by atoms with van der Waals surface area (Å²) < 4.78 is 27.9. The third-order valence-electron chi connectivity index (χ3n) is 5.85. The van der Waals surface area contributed by atoms with E-state index >= 15 is 0 Å². The molecule has 1 aliphatic heterocycles. The second-order valence-electron chi connectivity index (χ2n) is 8.15. The molecule has 168 valence electrons. The summed E-state index contributed by atoms with van der Waals surface area (Å²) in [6.07, 6.45) is 1.08. The third-order valence-corrected chi connectivity index (χ3v) is 7.31. The number of nitrogens with zero attached hydrogens (tertiary/aromatic N) is 2. The highest BCUT2D eigenvalue weighted by atomic mass is 32.2. The molecule has 0 aliphatic carbocycles. The van der Waals surface area contributed by atoms with Crippen molar-refractivity contribution in [2.24, 2.45) is 0 Å². The lowest BCUT2D eigenvalue weighted by Crippen LogP contribution is -2.37. The number of hydrogen-bond acceptors (Lipinski definition) is 4. The van der Waals surface area contributed by atoms with Crippen molar-refractivity contribution in [1.82, 2.24) is 14.5 Å². The lowest BCUT2D eigenvalue weighted by Gasteiger charge is -2.22. The van der Waals surface area contributed by atoms with E-state index in [2.05, 4.69) is 21.8 Å². The number of sulfonamides is 1. The summed E-state index contributed by atoms with van der Waals surface area (Å²) in [5, 5.41) is 1.86. The van der Waals surface area contributed by atoms with Crippen LogP contribution in [0, 0.1) is 0 Å². The molecule has 6 nitrogen and oxygen atoms in total. The van der Waals surface area contributed by atoms with Gasteiger partial charge in [0.1, 0.15) is 0 Å². The Morgan fingerprint density at radius 1 is 0.844 bits per heavy atom. The summed E-state index contributed by atoms with van der Waals surface area (Å²) in [5.74, 6) is -0.00669. The molecule has 32 heavy (non-hydrogen) atoms. The average molecular weight is 452 g/mol. The summed E-state index contributed by atoms with van der Waals surface area (Å²) in [4.78, 5) is 17.1. The molecule has 1 amide bonds. The van der Waals surface area contributed by atoms with E-state index in [4.69, 9.17) is 0 Å². The maximum Gasteiger partial charge on any atom is 0.240 e. The molecule has 3 aromatic carbocycles. The number of benzene rings is 3. The smallest absolute Gasteiger partial charge is 0.240 e. The number of hydrogen-bond donors (Lipinski definition) is 1. The van der Waals surface area contributed by atoms with Gasteiger partial charge in [0.25, 0.3) is 0 Å². The van der Waals surface area contributed by atoms with Crippen LogP contribution >= 0.6 is 0 Å². The fraction of sp³-hybridized carbons (Fsp3) is 0.320. The van der Waals surface area contributed by atoms with Gasteiger partial charge in [-0.15, -0.1) is 0 Å². The highest BCUT2D eigenvalue weighted by molar-refractivity contribution is 7.89. The number of rotatable bonds is 7. The van der Waals surface area contributed by atoms with Crippen molar-refractivity contribution in [1.29, 1.82) is 0 Å². The molecule has 0 atom stereocenters. The highest BCUT2D eigenvalue weighted by Gasteiger charge is 2.20. The van der Waals surface area contributed by atoms with E-state index in [1.54, 1.807) is 18.2 Å². The Balaban J connectivity index is 1.27. The molecule has 0 saturated carbocycles. The van der Waals surface area contributed by atoms with Gasteiger partial charge in [-0.2, -0.15) is 0 Å². The van der Waals surface area contributed by atoms with Gasteiger partial charge in [0.15, 0.2) is 0 Å². The Hall–Kier alpha value is -2.74. The van der Waals surface area contributed by atoms with Crippen molar-refractivity contribution < 1.29 is 13.2 Å². The molecule has 1 aliphatic rings. The first kappa shape index (κ1) is 22.5. The Kier molecular flexibility index (Phi) is 7.19. The van der Waals surface area contributed by atoms with Crippen molar-refractivity contribution in [3.8, 4) is 0 Å². The van der Waals surface area contributed by atoms with Crippen LogP contribution in [0.5, 0.6) is 0 Å². The van der Waals surface area contributed by atoms with Crippen LogP contribution in [0.2, 0.25) is 0 Å². The van der Waals surface area contributed by atoms with Gasteiger partial charge in [-0.1, -0.05) is 60.7 Å². The standard InChI is InChI=1S/C25H29N3O3S/c29-25(28-16-6-15-27(17-18-28)20-21-7-2-1-3-8-21)13-14-26-32(30,31)24-12-11-22-9-4-5-10-23(22)19-24/h1-5,7-12,19,26H,6,13-18,20H2. The second kappa shape index (κ2) is 10.3. The lowest BCUT2D eigenvalue weighted by molar-refractivity contribution is -0.130. The Morgan fingerprint density at radius 2 is 1.59 bits per heavy atom. The molecule has 0 spiro atoms. The Bertz CT molecular complexity index is 1170. The first-order valence-electron chi connectivity index (χ1n) is 11.0. The van der Waals surface area contributed by atoms with E-state index in [-0.39, 0.29) is 23.8 Å². The molecule has 1 heterocycles. The topological polar surface area (TPSA) is 69.7 Å². The molecule has 1 saturated heterocycles. The molecule has 0 radical (unpaired) electrons. The number of fused-ring (bicyclic) bond motifs is 1. The fourth-order valence-corrected chi connectivity index (χ4v) is 5.16. The van der Waals surface area contributed by atoms with Crippen LogP contribution in [0.25, 0.3) is 10.8 Å². The summed E-state index contributed by atoms with van der Waals surface area (Å²) >= 11 is 0. The average Bonchev–Trinajstić information content (AvgIpc) is 3.05. The summed E-state index contributed by atoms with van der Waals surface area (Å²) in [5.41, 5.74) is 1.27. The van der Waals surface area contributed by atoms with Crippen molar-refractivity contribution in [2.75, 3.05) is 32.7 Å². The first-order valence-corrected chi connectivity index (χ1v) is 12.5. The minimum Gasteiger partial charge on any atom is -0.341 e. The van der Waals surface area contributed by atoms with Gasteiger partial charge in [-0.25, -0.2) is 13.1 Å². The maximum absolute atomic E-state index is 12.7. The van der Waals surface area contributed by atoms with Crippen LogP contribution < -0.4 is 4.72 Å². The van der Waals surface area contributed by atoms with Crippen molar-refractivity contribution in [2.45, 2.75) is 24.3 Å². The Morgan fingerprint density at radius 3 is 2.41 bits per heavy atom. The molecule has 1 N–H and O–H groups in total. The number of nitrogens with one attached hydrogen (secondary N) is 1. The predicted octanol–water partition coefficient (Wildman–Crippen LogP) is 3.24. The monoisotopic (exact) mass is 451 g/mol. The van der Waals surface area contributed by atoms with Crippen LogP contribution in [0.15, 0.2) is 77.7 Å². The van der Waals surface area contributed by atoms with E-state index in [0.717, 1.165) is 36.8 Å². The van der Waals surface area contributed by atoms with Crippen LogP contribution in [-0.2, 0) is 21.4 Å². The zero-order valence-corrected chi connectivity index (χ0v) is 18.9. The second-order valence-corrected chi connectivity index (χ2v) is 9.92. The van der Waals surface area contributed by atoms with Crippen LogP contribution in [0.1, 0.15) is 18.4 Å². The molecular weight excluding hydrogens is 422 g/mol. The molecular formula is C25H29N3O3S. The van der Waals surface area contributed by atoms with E-state index in [1.165, 1.54) is 5.56 Å². The summed E-state index contributed by atoms with van der Waals surface area (Å²) in [6, 6.07) is 23.0. The number of carbonyl (C=O) groups is 1. The SMILES string of the molecule is O=C(CCNS(=O)(=O)c1ccc2ccccc2c1)N1CCCN(Cc2ccccc2)CC1. The van der Waals surface area contributed by atoms with Gasteiger partial charge < -0.3 is 4.90 Å². The van der Waals surface area contributed by atoms with Crippen LogP contribution in [-0.4, -0.2) is 56.8 Å². The molecule has 0 unspecified atom stereocenters. The lowest BCUT2D eigenvalue weighted by atomic mass is 10.1. The van der Waals surface area contributed by atoms with Gasteiger partial charge in [0.2, 0.25) is 15.9 Å². The summed E-state index contributed by atoms with van der Waals surface area (Å²) in [6.45, 7) is 4.13. The van der Waals surface area contributed by atoms with Gasteiger partial charge >= 0.3 is 0 Å². The van der Waals surface area contributed by atoms with Crippen LogP contribution in [0.4, 0.5) is 0 Å². The van der Waals surface area contributed by atoms with E-state index in [1.807, 2.05) is 47.4 Å². The molecule has 0 bridgehead atoms.